The number of benzene rings is 1. The molecule has 1 fully saturated rings. The summed E-state index contributed by atoms with van der Waals surface area (Å²) in [6.45, 7) is 1.44. The predicted octanol–water partition coefficient (Wildman–Crippen LogP) is 2.76. The van der Waals surface area contributed by atoms with Crippen LogP contribution in [0.1, 0.15) is 47.0 Å². The monoisotopic (exact) mass is 395 g/mol. The Labute approximate surface area is 153 Å². The van der Waals surface area contributed by atoms with Crippen LogP contribution in [0.25, 0.3) is 11.3 Å². The van der Waals surface area contributed by atoms with Crippen molar-refractivity contribution in [3.63, 3.8) is 0 Å². The van der Waals surface area contributed by atoms with E-state index in [0.29, 0.717) is 18.5 Å². The number of aromatic hydroxyl groups is 1. The topological polar surface area (TPSA) is 114 Å². The Balaban J connectivity index is 2.21. The van der Waals surface area contributed by atoms with Gasteiger partial charge >= 0.3 is 5.97 Å². The molecular formula is C17H14ClNO6S. The number of hydrogen-bond acceptors (Lipinski definition) is 5. The smallest absolute Gasteiger partial charge is 0.341 e. The van der Waals surface area contributed by atoms with E-state index in [2.05, 4.69) is 0 Å². The van der Waals surface area contributed by atoms with Crippen LogP contribution in [0.2, 0.25) is 5.02 Å². The summed E-state index contributed by atoms with van der Waals surface area (Å²) in [6.07, 6.45) is 1.41. The molecule has 26 heavy (non-hydrogen) atoms. The molecule has 9 heteroatoms. The first-order valence-corrected chi connectivity index (χ1v) is 9.86. The van der Waals surface area contributed by atoms with E-state index in [-0.39, 0.29) is 32.8 Å². The normalized spacial score (nSPS) is 20.3. The Hall–Kier alpha value is -2.32. The predicted molar refractivity (Wildman–Crippen MR) is 93.6 cm³/mol. The van der Waals surface area contributed by atoms with Gasteiger partial charge in [-0.05, 0) is 37.5 Å². The third-order valence-electron chi connectivity index (χ3n) is 4.92. The number of carbonyl (C=O) groups is 1. The maximum Gasteiger partial charge on any atom is 0.341 e. The summed E-state index contributed by atoms with van der Waals surface area (Å²) in [5.74, 6) is -1.77. The molecule has 2 heterocycles. The molecule has 1 aromatic heterocycles. The molecule has 7 nitrogen and oxygen atoms in total. The van der Waals surface area contributed by atoms with Crippen molar-refractivity contribution < 1.29 is 23.4 Å². The summed E-state index contributed by atoms with van der Waals surface area (Å²) in [4.78, 5) is 24.1. The largest absolute Gasteiger partial charge is 0.506 e. The summed E-state index contributed by atoms with van der Waals surface area (Å²) in [5, 5.41) is 18.1. The van der Waals surface area contributed by atoms with Gasteiger partial charge in [0.1, 0.15) is 11.3 Å². The zero-order valence-corrected chi connectivity index (χ0v) is 15.1. The molecule has 0 saturated heterocycles. The molecule has 1 atom stereocenters. The van der Waals surface area contributed by atoms with E-state index in [9.17, 15) is 28.2 Å². The second-order valence-corrected chi connectivity index (χ2v) is 9.20. The van der Waals surface area contributed by atoms with Crippen molar-refractivity contribution in [3.05, 3.63) is 44.7 Å². The maximum absolute atomic E-state index is 12.9. The Bertz CT molecular complexity index is 1150. The minimum Gasteiger partial charge on any atom is -0.506 e. The van der Waals surface area contributed by atoms with E-state index in [4.69, 9.17) is 11.6 Å². The van der Waals surface area contributed by atoms with Crippen LogP contribution >= 0.6 is 11.6 Å². The number of pyridine rings is 1. The first kappa shape index (κ1) is 17.1. The lowest BCUT2D eigenvalue weighted by Gasteiger charge is -2.29. The first-order chi connectivity index (χ1) is 12.1. The number of carboxylic acids is 1. The first-order valence-electron chi connectivity index (χ1n) is 7.94. The van der Waals surface area contributed by atoms with E-state index in [1.165, 1.54) is 17.6 Å². The molecule has 0 bridgehead atoms. The van der Waals surface area contributed by atoms with Crippen LogP contribution < -0.4 is 5.56 Å². The minimum atomic E-state index is -3.88. The summed E-state index contributed by atoms with van der Waals surface area (Å²) < 4.78 is 27.2. The molecule has 1 unspecified atom stereocenters. The van der Waals surface area contributed by atoms with Crippen LogP contribution in [0.15, 0.2) is 27.9 Å². The highest BCUT2D eigenvalue weighted by atomic mass is 35.5. The number of fused-ring (bicyclic) bond motifs is 3. The van der Waals surface area contributed by atoms with Gasteiger partial charge in [0.25, 0.3) is 5.56 Å². The van der Waals surface area contributed by atoms with E-state index >= 15 is 0 Å². The number of halogens is 1. The molecule has 1 saturated carbocycles. The lowest BCUT2D eigenvalue weighted by Crippen LogP contribution is -2.31. The van der Waals surface area contributed by atoms with Crippen molar-refractivity contribution in [2.75, 3.05) is 0 Å². The summed E-state index contributed by atoms with van der Waals surface area (Å²) >= 11 is 5.98. The molecule has 2 aromatic rings. The summed E-state index contributed by atoms with van der Waals surface area (Å²) in [7, 11) is -3.88. The molecule has 4 rings (SSSR count). The van der Waals surface area contributed by atoms with Crippen molar-refractivity contribution >= 4 is 27.4 Å². The van der Waals surface area contributed by atoms with Gasteiger partial charge in [0.15, 0.2) is 9.84 Å². The Morgan fingerprint density at radius 2 is 1.92 bits per heavy atom. The van der Waals surface area contributed by atoms with Gasteiger partial charge in [-0.2, -0.15) is 0 Å². The fraction of sp³-hybridized carbons (Fsp3) is 0.294. The lowest BCUT2D eigenvalue weighted by molar-refractivity contribution is 0.0694. The number of sulfone groups is 1. The van der Waals surface area contributed by atoms with Gasteiger partial charge in [-0.25, -0.2) is 13.2 Å². The quantitative estimate of drug-likeness (QED) is 0.808. The Kier molecular flexibility index (Phi) is 3.51. The van der Waals surface area contributed by atoms with Crippen LogP contribution in [0.4, 0.5) is 0 Å². The highest BCUT2D eigenvalue weighted by Crippen LogP contribution is 2.49. The third kappa shape index (κ3) is 2.22. The summed E-state index contributed by atoms with van der Waals surface area (Å²) in [5.41, 5.74) is -0.293. The lowest BCUT2D eigenvalue weighted by atomic mass is 9.99. The fourth-order valence-corrected chi connectivity index (χ4v) is 5.20. The molecule has 2 N–H and O–H groups in total. The fourth-order valence-electron chi connectivity index (χ4n) is 3.41. The van der Waals surface area contributed by atoms with Crippen LogP contribution in [-0.2, 0) is 9.84 Å². The zero-order chi connectivity index (χ0) is 19.0. The van der Waals surface area contributed by atoms with E-state index in [1.54, 1.807) is 0 Å². The highest BCUT2D eigenvalue weighted by molar-refractivity contribution is 7.92. The summed E-state index contributed by atoms with van der Waals surface area (Å²) in [6, 6.07) is 3.36. The Morgan fingerprint density at radius 1 is 1.27 bits per heavy atom. The third-order valence-corrected chi connectivity index (χ3v) is 7.36. The van der Waals surface area contributed by atoms with Crippen molar-refractivity contribution in [1.82, 2.24) is 4.57 Å². The molecule has 0 amide bonds. The average Bonchev–Trinajstić information content (AvgIpc) is 3.39. The second-order valence-electron chi connectivity index (χ2n) is 6.56. The number of phenols is 1. The molecular weight excluding hydrogens is 382 g/mol. The molecule has 136 valence electrons. The second kappa shape index (κ2) is 5.34. The van der Waals surface area contributed by atoms with Gasteiger partial charge in [-0.3, -0.25) is 4.79 Å². The molecule has 1 aliphatic carbocycles. The van der Waals surface area contributed by atoms with Crippen LogP contribution in [-0.4, -0.2) is 29.2 Å². The van der Waals surface area contributed by atoms with Gasteiger partial charge < -0.3 is 14.8 Å². The van der Waals surface area contributed by atoms with Crippen LogP contribution in [0, 0.1) is 0 Å². The maximum atomic E-state index is 12.9. The van der Waals surface area contributed by atoms with Crippen molar-refractivity contribution in [2.24, 2.45) is 0 Å². The number of carboxylic acid groups (broad SMARTS) is 1. The highest BCUT2D eigenvalue weighted by Gasteiger charge is 2.41. The van der Waals surface area contributed by atoms with E-state index in [1.807, 2.05) is 0 Å². The van der Waals surface area contributed by atoms with Crippen LogP contribution in [0.3, 0.4) is 0 Å². The molecule has 1 aromatic carbocycles. The van der Waals surface area contributed by atoms with Gasteiger partial charge in [0.05, 0.1) is 20.9 Å². The molecule has 1 aliphatic heterocycles. The number of aromatic carboxylic acids is 1. The van der Waals surface area contributed by atoms with Gasteiger partial charge in [-0.1, -0.05) is 11.6 Å². The van der Waals surface area contributed by atoms with Gasteiger partial charge in [0.2, 0.25) is 0 Å². The molecule has 0 radical (unpaired) electrons. The van der Waals surface area contributed by atoms with Crippen molar-refractivity contribution in [1.29, 1.82) is 0 Å². The van der Waals surface area contributed by atoms with E-state index < -0.39 is 32.2 Å². The van der Waals surface area contributed by atoms with E-state index in [0.717, 1.165) is 12.1 Å². The zero-order valence-electron chi connectivity index (χ0n) is 13.6. The van der Waals surface area contributed by atoms with Gasteiger partial charge in [0, 0.05) is 17.7 Å². The number of phenolic OH excluding ortho intramolecular Hbond substituents is 1. The number of nitrogens with zero attached hydrogens (tertiary/aromatic N) is 1. The average molecular weight is 396 g/mol. The van der Waals surface area contributed by atoms with Crippen LogP contribution in [0.5, 0.6) is 5.75 Å². The van der Waals surface area contributed by atoms with Gasteiger partial charge in [-0.15, -0.1) is 0 Å². The molecule has 2 aliphatic rings. The molecule has 0 spiro atoms. The number of rotatable bonds is 2. The number of hydrogen-bond donors (Lipinski definition) is 2. The van der Waals surface area contributed by atoms with Crippen molar-refractivity contribution in [2.45, 2.75) is 36.0 Å². The minimum absolute atomic E-state index is 0.0449. The standard InChI is InChI=1S/C17H14ClNO6S/c1-7-9-4-11(17(22)23)16(21)19(8-2-3-8)15(9)10-5-12(18)13(20)6-14(10)26(7,24)25/h4-8,20H,2-3H2,1H3,(H,22,23). The number of aromatic nitrogens is 1. The Morgan fingerprint density at radius 3 is 2.50 bits per heavy atom. The van der Waals surface area contributed by atoms with Crippen molar-refractivity contribution in [3.8, 4) is 17.0 Å². The SMILES string of the molecule is CC1c2cc(C(=O)O)c(=O)n(C3CC3)c2-c2cc(Cl)c(O)cc2S1(=O)=O.